The van der Waals surface area contributed by atoms with Gasteiger partial charge in [0.25, 0.3) is 0 Å². The van der Waals surface area contributed by atoms with Crippen LogP contribution >= 0.6 is 0 Å². The van der Waals surface area contributed by atoms with Crippen LogP contribution in [0.1, 0.15) is 54.3 Å². The molecule has 1 aliphatic rings. The third-order valence-electron chi connectivity index (χ3n) is 5.35. The van der Waals surface area contributed by atoms with Gasteiger partial charge < -0.3 is 11.8 Å². The Morgan fingerprint density at radius 3 is 2.32 bits per heavy atom. The van der Waals surface area contributed by atoms with E-state index in [0.717, 1.165) is 29.7 Å². The Morgan fingerprint density at radius 2 is 1.77 bits per heavy atom. The summed E-state index contributed by atoms with van der Waals surface area (Å²) in [5.41, 5.74) is 1.00. The molecule has 1 saturated heterocycles. The van der Waals surface area contributed by atoms with E-state index in [1.54, 1.807) is 12.1 Å². The van der Waals surface area contributed by atoms with Crippen LogP contribution in [0.25, 0.3) is 0 Å². The normalized spacial score (nSPS) is 17.6. The van der Waals surface area contributed by atoms with Gasteiger partial charge in [0.2, 0.25) is 5.91 Å². The number of carboxylic acid groups (broad SMARTS) is 1. The zero-order valence-electron chi connectivity index (χ0n) is 18.4. The molecule has 0 spiro atoms. The molecule has 3 rings (SSSR count). The summed E-state index contributed by atoms with van der Waals surface area (Å²) in [5, 5.41) is 11.9. The first-order chi connectivity index (χ1) is 14.1. The van der Waals surface area contributed by atoms with Gasteiger partial charge in [-0.15, -0.1) is 0 Å². The van der Waals surface area contributed by atoms with E-state index in [2.05, 4.69) is 5.32 Å². The number of carboxylic acids is 1. The fraction of sp³-hybridized carbons (Fsp3) is 0.364. The predicted octanol–water partition coefficient (Wildman–Crippen LogP) is 1.36. The van der Waals surface area contributed by atoms with Crippen molar-refractivity contribution in [1.82, 2.24) is 10.2 Å². The summed E-state index contributed by atoms with van der Waals surface area (Å²) in [5.74, 6) is -1.16. The second-order valence-corrected chi connectivity index (χ2v) is 7.48. The van der Waals surface area contributed by atoms with E-state index in [4.69, 9.17) is 5.11 Å². The number of nitrogens with one attached hydrogen (secondary N) is 1. The van der Waals surface area contributed by atoms with Gasteiger partial charge in [-0.3, -0.25) is 9.69 Å². The molecular formula is C22H24F3LiN2O3. The summed E-state index contributed by atoms with van der Waals surface area (Å²) in [7, 11) is 0. The monoisotopic (exact) mass is 428 g/mol. The van der Waals surface area contributed by atoms with Crippen LogP contribution in [-0.2, 0) is 17.5 Å². The van der Waals surface area contributed by atoms with Crippen molar-refractivity contribution in [2.45, 2.75) is 44.6 Å². The zero-order valence-corrected chi connectivity index (χ0v) is 17.4. The van der Waals surface area contributed by atoms with E-state index in [-0.39, 0.29) is 43.8 Å². The van der Waals surface area contributed by atoms with Crippen molar-refractivity contribution in [3.8, 4) is 0 Å². The van der Waals surface area contributed by atoms with Crippen LogP contribution in [0.4, 0.5) is 13.2 Å². The summed E-state index contributed by atoms with van der Waals surface area (Å²) in [4.78, 5) is 25.7. The summed E-state index contributed by atoms with van der Waals surface area (Å²) < 4.78 is 38.2. The van der Waals surface area contributed by atoms with Crippen molar-refractivity contribution >= 4 is 11.9 Å². The molecule has 0 saturated carbocycles. The van der Waals surface area contributed by atoms with E-state index in [1.165, 1.54) is 24.3 Å². The predicted molar refractivity (Wildman–Crippen MR) is 106 cm³/mol. The molecule has 1 amide bonds. The van der Waals surface area contributed by atoms with E-state index in [0.29, 0.717) is 19.5 Å². The molecule has 5 nitrogen and oxygen atoms in total. The van der Waals surface area contributed by atoms with Gasteiger partial charge in [-0.1, -0.05) is 24.3 Å². The zero-order chi connectivity index (χ0) is 21.9. The third-order valence-corrected chi connectivity index (χ3v) is 5.35. The smallest absolute Gasteiger partial charge is 1.00 e. The number of nitrogens with zero attached hydrogens (tertiary/aromatic N) is 1. The molecule has 2 N–H and O–H groups in total. The van der Waals surface area contributed by atoms with Gasteiger partial charge in [0.1, 0.15) is 0 Å². The van der Waals surface area contributed by atoms with Gasteiger partial charge >= 0.3 is 31.0 Å². The second-order valence-electron chi connectivity index (χ2n) is 7.48. The molecule has 2 aromatic carbocycles. The first-order valence-corrected chi connectivity index (χ1v) is 9.69. The largest absolute Gasteiger partial charge is 1.00 e. The fourth-order valence-electron chi connectivity index (χ4n) is 3.65. The molecule has 0 radical (unpaired) electrons. The summed E-state index contributed by atoms with van der Waals surface area (Å²) >= 11 is 0. The quantitative estimate of drug-likeness (QED) is 0.682. The molecule has 1 fully saturated rings. The minimum Gasteiger partial charge on any atom is -1.00 e. The maximum Gasteiger partial charge on any atom is 1.00 e. The molecule has 0 aliphatic carbocycles. The number of hydrogen-bond donors (Lipinski definition) is 2. The van der Waals surface area contributed by atoms with E-state index >= 15 is 0 Å². The van der Waals surface area contributed by atoms with Crippen molar-refractivity contribution in [2.75, 3.05) is 6.54 Å². The minimum atomic E-state index is -4.37. The van der Waals surface area contributed by atoms with Crippen molar-refractivity contribution in [1.29, 1.82) is 0 Å². The van der Waals surface area contributed by atoms with E-state index in [9.17, 15) is 22.8 Å². The number of carbonyl (C=O) groups excluding carboxylic acids is 1. The maximum absolute atomic E-state index is 12.8. The van der Waals surface area contributed by atoms with Crippen LogP contribution in [0.2, 0.25) is 0 Å². The Hall–Kier alpha value is -2.27. The van der Waals surface area contributed by atoms with Crippen LogP contribution in [0, 0.1) is 0 Å². The number of rotatable bonds is 6. The molecule has 31 heavy (non-hydrogen) atoms. The van der Waals surface area contributed by atoms with Crippen molar-refractivity contribution < 1.29 is 48.2 Å². The molecule has 0 unspecified atom stereocenters. The summed E-state index contributed by atoms with van der Waals surface area (Å²) in [6, 6.07) is 10.7. The number of likely N-dealkylation sites (tertiary alicyclic amines) is 1. The number of benzene rings is 2. The first-order valence-electron chi connectivity index (χ1n) is 9.69. The Morgan fingerprint density at radius 1 is 1.16 bits per heavy atom. The summed E-state index contributed by atoms with van der Waals surface area (Å²) in [6.45, 7) is 2.92. The number of amides is 1. The molecule has 2 aromatic rings. The fourth-order valence-corrected chi connectivity index (χ4v) is 3.65. The van der Waals surface area contributed by atoms with Crippen LogP contribution in [0.3, 0.4) is 0 Å². The van der Waals surface area contributed by atoms with Crippen LogP contribution < -0.4 is 24.2 Å². The number of alkyl halides is 3. The molecule has 9 heteroatoms. The van der Waals surface area contributed by atoms with Crippen LogP contribution in [-0.4, -0.2) is 34.5 Å². The van der Waals surface area contributed by atoms with Gasteiger partial charge in [-0.2, -0.15) is 13.2 Å². The van der Waals surface area contributed by atoms with Crippen molar-refractivity contribution in [3.05, 3.63) is 70.8 Å². The molecular weight excluding hydrogens is 404 g/mol. The van der Waals surface area contributed by atoms with E-state index < -0.39 is 17.7 Å². The van der Waals surface area contributed by atoms with Gasteiger partial charge in [0, 0.05) is 6.54 Å². The Bertz CT molecular complexity index is 908. The Kier molecular flexibility index (Phi) is 8.35. The molecule has 1 heterocycles. The standard InChI is InChI=1S/C22H23F3N2O3.Li.H/c1-14(16-6-8-17(9-7-16)21(29)30)26-20(28)19-3-2-12-27(19)13-15-4-10-18(11-5-15)22(23,24)25;;/h4-11,14,19H,2-3,12-13H2,1H3,(H,26,28)(H,29,30);;/q;+1;-1/t14-,19+;;/m0../s1. The van der Waals surface area contributed by atoms with Gasteiger partial charge in [-0.25, -0.2) is 4.79 Å². The third kappa shape index (κ3) is 6.36. The average molecular weight is 428 g/mol. The maximum atomic E-state index is 12.8. The number of hydrogen-bond acceptors (Lipinski definition) is 3. The number of aromatic carboxylic acids is 1. The van der Waals surface area contributed by atoms with Crippen LogP contribution in [0.15, 0.2) is 48.5 Å². The number of halogens is 3. The number of carbonyl (C=O) groups is 2. The molecule has 162 valence electrons. The van der Waals surface area contributed by atoms with E-state index in [1.807, 2.05) is 11.8 Å². The van der Waals surface area contributed by atoms with Gasteiger partial charge in [0.15, 0.2) is 0 Å². The van der Waals surface area contributed by atoms with Crippen LogP contribution in [0.5, 0.6) is 0 Å². The first kappa shape index (κ1) is 25.0. The van der Waals surface area contributed by atoms with Crippen molar-refractivity contribution in [2.24, 2.45) is 0 Å². The van der Waals surface area contributed by atoms with Gasteiger partial charge in [-0.05, 0) is 61.7 Å². The van der Waals surface area contributed by atoms with Gasteiger partial charge in [0.05, 0.1) is 23.2 Å². The topological polar surface area (TPSA) is 69.6 Å². The average Bonchev–Trinajstić information content (AvgIpc) is 3.16. The molecule has 1 aliphatic heterocycles. The minimum absolute atomic E-state index is 0. The summed E-state index contributed by atoms with van der Waals surface area (Å²) in [6.07, 6.45) is -2.86. The Labute approximate surface area is 192 Å². The Balaban J connectivity index is 0.00000256. The van der Waals surface area contributed by atoms with Crippen molar-refractivity contribution in [3.63, 3.8) is 0 Å². The molecule has 2 atom stereocenters. The molecule has 0 bridgehead atoms. The SMILES string of the molecule is C[C@H](NC(=O)[C@H]1CCCN1Cc1ccc(C(F)(F)F)cc1)c1ccc(C(=O)O)cc1.[H-].[Li+]. The molecule has 0 aromatic heterocycles. The second kappa shape index (κ2) is 10.4.